The Balaban J connectivity index is 1.27. The van der Waals surface area contributed by atoms with Gasteiger partial charge in [-0.25, -0.2) is 4.98 Å². The van der Waals surface area contributed by atoms with Gasteiger partial charge in [0.05, 0.1) is 0 Å². The molecule has 0 unspecified atom stereocenters. The molecule has 1 aromatic carbocycles. The second kappa shape index (κ2) is 7.97. The Morgan fingerprint density at radius 1 is 1.10 bits per heavy atom. The number of piperidine rings is 1. The summed E-state index contributed by atoms with van der Waals surface area (Å²) in [7, 11) is 0. The monoisotopic (exact) mass is 417 g/mol. The lowest BCUT2D eigenvalue weighted by Gasteiger charge is -2.32. The summed E-state index contributed by atoms with van der Waals surface area (Å²) in [6.45, 7) is 7.08. The van der Waals surface area contributed by atoms with Crippen molar-refractivity contribution < 1.29 is 0 Å². The summed E-state index contributed by atoms with van der Waals surface area (Å²) in [6.07, 6.45) is 4.97. The molecule has 0 N–H and O–H groups in total. The van der Waals surface area contributed by atoms with Crippen LogP contribution in [-0.4, -0.2) is 33.9 Å². The molecule has 4 aromatic rings. The number of hydrogen-bond acceptors (Lipinski definition) is 4. The van der Waals surface area contributed by atoms with E-state index < -0.39 is 0 Å². The molecule has 4 nitrogen and oxygen atoms in total. The number of pyridine rings is 1. The van der Waals surface area contributed by atoms with E-state index in [0.29, 0.717) is 5.92 Å². The van der Waals surface area contributed by atoms with Crippen LogP contribution in [0.15, 0.2) is 52.8 Å². The third-order valence-corrected chi connectivity index (χ3v) is 7.55. The summed E-state index contributed by atoms with van der Waals surface area (Å²) in [4.78, 5) is 20.2. The maximum absolute atomic E-state index is 13.0. The summed E-state index contributed by atoms with van der Waals surface area (Å²) in [5, 5.41) is 3.79. The highest BCUT2D eigenvalue weighted by Gasteiger charge is 2.23. The Kier molecular flexibility index (Phi) is 5.17. The second-order valence-corrected chi connectivity index (χ2v) is 9.33. The first-order chi connectivity index (χ1) is 14.6. The van der Waals surface area contributed by atoms with Gasteiger partial charge in [0.15, 0.2) is 0 Å². The number of fused-ring (bicyclic) bond motifs is 2. The predicted octanol–water partition coefficient (Wildman–Crippen LogP) is 4.95. The molecule has 1 fully saturated rings. The van der Waals surface area contributed by atoms with Gasteiger partial charge >= 0.3 is 0 Å². The number of likely N-dealkylation sites (tertiary alicyclic amines) is 1. The average Bonchev–Trinajstić information content (AvgIpc) is 3.19. The fraction of sp³-hybridized carbons (Fsp3) is 0.360. The fourth-order valence-electron chi connectivity index (χ4n) is 4.78. The van der Waals surface area contributed by atoms with Crippen LogP contribution in [0.25, 0.3) is 15.7 Å². The first kappa shape index (κ1) is 19.5. The molecule has 154 valence electrons. The molecule has 0 spiro atoms. The minimum Gasteiger partial charge on any atom is -0.303 e. The molecule has 0 amide bonds. The van der Waals surface area contributed by atoms with Crippen molar-refractivity contribution in [3.8, 4) is 0 Å². The molecule has 3 aromatic heterocycles. The molecule has 1 aliphatic heterocycles. The molecular formula is C25H27N3OS. The van der Waals surface area contributed by atoms with E-state index in [-0.39, 0.29) is 5.56 Å². The van der Waals surface area contributed by atoms with Crippen molar-refractivity contribution in [3.05, 3.63) is 80.7 Å². The zero-order valence-corrected chi connectivity index (χ0v) is 18.4. The van der Waals surface area contributed by atoms with Crippen LogP contribution >= 0.6 is 11.3 Å². The van der Waals surface area contributed by atoms with Crippen LogP contribution in [0.4, 0.5) is 0 Å². The maximum atomic E-state index is 13.0. The topological polar surface area (TPSA) is 37.6 Å². The minimum atomic E-state index is 0.0841. The van der Waals surface area contributed by atoms with Crippen LogP contribution in [0.1, 0.15) is 41.1 Å². The third kappa shape index (κ3) is 3.46. The van der Waals surface area contributed by atoms with Crippen molar-refractivity contribution in [3.63, 3.8) is 0 Å². The molecule has 0 radical (unpaired) electrons. The Bertz CT molecular complexity index is 1260. The lowest BCUT2D eigenvalue weighted by atomic mass is 9.89. The molecule has 0 aliphatic carbocycles. The van der Waals surface area contributed by atoms with Gasteiger partial charge in [0, 0.05) is 28.7 Å². The van der Waals surface area contributed by atoms with Crippen LogP contribution < -0.4 is 5.56 Å². The van der Waals surface area contributed by atoms with Crippen molar-refractivity contribution in [2.75, 3.05) is 19.6 Å². The van der Waals surface area contributed by atoms with Crippen LogP contribution in [0.5, 0.6) is 0 Å². The third-order valence-electron chi connectivity index (χ3n) is 6.57. The Hall–Kier alpha value is -2.50. The van der Waals surface area contributed by atoms with Crippen LogP contribution in [-0.2, 0) is 6.42 Å². The summed E-state index contributed by atoms with van der Waals surface area (Å²) in [6, 6.07) is 12.7. The SMILES string of the molecule is Cc1nc2c(C)cccn2c(=O)c1CCN1CCC(c2csc3ccccc23)CC1. The van der Waals surface area contributed by atoms with Crippen molar-refractivity contribution in [2.45, 2.75) is 39.0 Å². The van der Waals surface area contributed by atoms with Crippen LogP contribution in [0, 0.1) is 13.8 Å². The predicted molar refractivity (Wildman–Crippen MR) is 125 cm³/mol. The lowest BCUT2D eigenvalue weighted by Crippen LogP contribution is -2.35. The molecule has 0 atom stereocenters. The zero-order chi connectivity index (χ0) is 20.7. The minimum absolute atomic E-state index is 0.0841. The molecule has 1 saturated heterocycles. The van der Waals surface area contributed by atoms with Gasteiger partial charge in [-0.1, -0.05) is 24.3 Å². The van der Waals surface area contributed by atoms with Gasteiger partial charge in [-0.3, -0.25) is 9.20 Å². The van der Waals surface area contributed by atoms with E-state index in [1.54, 1.807) is 4.40 Å². The Morgan fingerprint density at radius 2 is 1.90 bits per heavy atom. The maximum Gasteiger partial charge on any atom is 0.261 e. The van der Waals surface area contributed by atoms with Gasteiger partial charge in [-0.05, 0) is 86.1 Å². The van der Waals surface area contributed by atoms with Crippen LogP contribution in [0.2, 0.25) is 0 Å². The smallest absolute Gasteiger partial charge is 0.261 e. The van der Waals surface area contributed by atoms with Crippen molar-refractivity contribution in [1.29, 1.82) is 0 Å². The first-order valence-corrected chi connectivity index (χ1v) is 11.7. The lowest BCUT2D eigenvalue weighted by molar-refractivity contribution is 0.215. The van der Waals surface area contributed by atoms with Gasteiger partial charge < -0.3 is 4.90 Å². The summed E-state index contributed by atoms with van der Waals surface area (Å²) in [5.41, 5.74) is 5.14. The molecule has 5 rings (SSSR count). The van der Waals surface area contributed by atoms with E-state index in [4.69, 9.17) is 4.98 Å². The molecule has 0 bridgehead atoms. The summed E-state index contributed by atoms with van der Waals surface area (Å²) in [5.74, 6) is 0.648. The number of thiophene rings is 1. The molecular weight excluding hydrogens is 390 g/mol. The molecule has 1 aliphatic rings. The standard InChI is InChI=1S/C25H27N3OS/c1-17-6-5-12-28-24(17)26-18(2)20(25(28)29)11-15-27-13-9-19(10-14-27)22-16-30-23-8-4-3-7-21(22)23/h3-8,12,16,19H,9-11,13-15H2,1-2H3. The van der Waals surface area contributed by atoms with E-state index in [2.05, 4.69) is 34.5 Å². The first-order valence-electron chi connectivity index (χ1n) is 10.8. The number of hydrogen-bond donors (Lipinski definition) is 0. The molecule has 5 heteroatoms. The molecule has 0 saturated carbocycles. The van der Waals surface area contributed by atoms with Crippen molar-refractivity contribution >= 4 is 27.1 Å². The number of benzene rings is 1. The van der Waals surface area contributed by atoms with Crippen LogP contribution in [0.3, 0.4) is 0 Å². The van der Waals surface area contributed by atoms with Gasteiger partial charge in [0.1, 0.15) is 5.65 Å². The fourth-order valence-corrected chi connectivity index (χ4v) is 5.82. The van der Waals surface area contributed by atoms with E-state index in [0.717, 1.165) is 48.5 Å². The summed E-state index contributed by atoms with van der Waals surface area (Å²) < 4.78 is 3.09. The van der Waals surface area contributed by atoms with Crippen molar-refractivity contribution in [1.82, 2.24) is 14.3 Å². The zero-order valence-electron chi connectivity index (χ0n) is 17.6. The Labute approximate surface area is 180 Å². The molecule has 30 heavy (non-hydrogen) atoms. The highest BCUT2D eigenvalue weighted by Crippen LogP contribution is 2.36. The highest BCUT2D eigenvalue weighted by molar-refractivity contribution is 7.17. The Morgan fingerprint density at radius 3 is 2.73 bits per heavy atom. The molecule has 4 heterocycles. The largest absolute Gasteiger partial charge is 0.303 e. The van der Waals surface area contributed by atoms with E-state index in [1.165, 1.54) is 28.5 Å². The van der Waals surface area contributed by atoms with Gasteiger partial charge in [0.2, 0.25) is 0 Å². The van der Waals surface area contributed by atoms with Gasteiger partial charge in [-0.2, -0.15) is 0 Å². The van der Waals surface area contributed by atoms with E-state index in [1.807, 2.05) is 43.5 Å². The van der Waals surface area contributed by atoms with Crippen molar-refractivity contribution in [2.24, 2.45) is 0 Å². The average molecular weight is 418 g/mol. The summed E-state index contributed by atoms with van der Waals surface area (Å²) >= 11 is 1.86. The number of aryl methyl sites for hydroxylation is 2. The number of aromatic nitrogens is 2. The number of rotatable bonds is 4. The van der Waals surface area contributed by atoms with E-state index >= 15 is 0 Å². The number of nitrogens with zero attached hydrogens (tertiary/aromatic N) is 3. The highest BCUT2D eigenvalue weighted by atomic mass is 32.1. The van der Waals surface area contributed by atoms with Gasteiger partial charge in [-0.15, -0.1) is 11.3 Å². The van der Waals surface area contributed by atoms with Gasteiger partial charge in [0.25, 0.3) is 5.56 Å². The normalized spacial score (nSPS) is 15.9. The van der Waals surface area contributed by atoms with E-state index in [9.17, 15) is 4.79 Å². The quantitative estimate of drug-likeness (QED) is 0.472. The second-order valence-electron chi connectivity index (χ2n) is 8.42.